The van der Waals surface area contributed by atoms with Crippen molar-refractivity contribution in [2.75, 3.05) is 32.7 Å². The number of carbonyl (C=O) groups excluding carboxylic acids is 1. The highest BCUT2D eigenvalue weighted by atomic mass is 32.1. The Morgan fingerprint density at radius 1 is 1.10 bits per heavy atom. The first-order chi connectivity index (χ1) is 15.1. The summed E-state index contributed by atoms with van der Waals surface area (Å²) in [6, 6.07) is 7.72. The first-order valence-corrected chi connectivity index (χ1v) is 11.3. The van der Waals surface area contributed by atoms with Gasteiger partial charge in [0.25, 0.3) is 0 Å². The summed E-state index contributed by atoms with van der Waals surface area (Å²) in [6.07, 6.45) is 2.35. The van der Waals surface area contributed by atoms with Crippen molar-refractivity contribution in [3.05, 3.63) is 58.8 Å². The van der Waals surface area contributed by atoms with Crippen LogP contribution in [0.1, 0.15) is 24.3 Å². The fourth-order valence-electron chi connectivity index (χ4n) is 3.64. The quantitative estimate of drug-likeness (QED) is 0.527. The van der Waals surface area contributed by atoms with Crippen molar-refractivity contribution in [1.29, 1.82) is 0 Å². The minimum Gasteiger partial charge on any atom is -0.340 e. The van der Waals surface area contributed by atoms with E-state index in [1.807, 2.05) is 22.4 Å². The van der Waals surface area contributed by atoms with Gasteiger partial charge in [-0.25, -0.2) is 8.78 Å². The molecule has 0 saturated carbocycles. The van der Waals surface area contributed by atoms with Crippen molar-refractivity contribution in [3.63, 3.8) is 0 Å². The van der Waals surface area contributed by atoms with Gasteiger partial charge in [0.15, 0.2) is 11.6 Å². The van der Waals surface area contributed by atoms with E-state index < -0.39 is 11.6 Å². The van der Waals surface area contributed by atoms with Gasteiger partial charge < -0.3 is 9.42 Å². The van der Waals surface area contributed by atoms with Crippen molar-refractivity contribution in [2.45, 2.75) is 25.7 Å². The van der Waals surface area contributed by atoms with E-state index in [2.05, 4.69) is 15.0 Å². The van der Waals surface area contributed by atoms with Crippen LogP contribution in [0.5, 0.6) is 0 Å². The molecule has 6 nitrogen and oxygen atoms in total. The molecule has 3 heterocycles. The Morgan fingerprint density at radius 2 is 1.94 bits per heavy atom. The summed E-state index contributed by atoms with van der Waals surface area (Å²) in [4.78, 5) is 22.1. The molecule has 1 aliphatic rings. The number of benzene rings is 1. The van der Waals surface area contributed by atoms with Crippen molar-refractivity contribution in [1.82, 2.24) is 19.9 Å². The minimum absolute atomic E-state index is 0.0522. The number of hydrogen-bond acceptors (Lipinski definition) is 6. The van der Waals surface area contributed by atoms with Crippen LogP contribution in [0, 0.1) is 11.6 Å². The molecule has 9 heteroatoms. The fourth-order valence-corrected chi connectivity index (χ4v) is 4.29. The van der Waals surface area contributed by atoms with Gasteiger partial charge >= 0.3 is 0 Å². The molecule has 0 unspecified atom stereocenters. The van der Waals surface area contributed by atoms with Gasteiger partial charge in [-0.05, 0) is 48.5 Å². The van der Waals surface area contributed by atoms with Crippen LogP contribution in [0.15, 0.2) is 40.2 Å². The molecule has 0 N–H and O–H groups in total. The number of piperazine rings is 1. The topological polar surface area (TPSA) is 62.5 Å². The van der Waals surface area contributed by atoms with E-state index in [4.69, 9.17) is 4.52 Å². The standard InChI is InChI=1S/C22H24F2N4O2S/c23-17-7-5-16(15-18(17)24)6-8-21(29)28-12-10-27(11-13-28)9-1-4-20-25-22(26-30-20)19-3-2-14-31-19/h2-3,5,7,14-15H,1,4,6,8-13H2. The normalized spacial score (nSPS) is 14.8. The van der Waals surface area contributed by atoms with Gasteiger partial charge in [0.2, 0.25) is 17.6 Å². The summed E-state index contributed by atoms with van der Waals surface area (Å²) in [6.45, 7) is 3.91. The third-order valence-electron chi connectivity index (χ3n) is 5.41. The second-order valence-corrected chi connectivity index (χ2v) is 8.51. The number of nitrogens with zero attached hydrogens (tertiary/aromatic N) is 4. The average Bonchev–Trinajstić information content (AvgIpc) is 3.47. The number of amides is 1. The number of rotatable bonds is 8. The van der Waals surface area contributed by atoms with Gasteiger partial charge in [0, 0.05) is 39.0 Å². The molecule has 0 radical (unpaired) electrons. The van der Waals surface area contributed by atoms with Crippen molar-refractivity contribution in [3.8, 4) is 10.7 Å². The Morgan fingerprint density at radius 3 is 2.68 bits per heavy atom. The van der Waals surface area contributed by atoms with Gasteiger partial charge in [0.1, 0.15) is 0 Å². The van der Waals surface area contributed by atoms with Gasteiger partial charge in [-0.3, -0.25) is 9.69 Å². The number of aryl methyl sites for hydroxylation is 2. The van der Waals surface area contributed by atoms with E-state index in [1.165, 1.54) is 6.07 Å². The maximum atomic E-state index is 13.3. The maximum absolute atomic E-state index is 13.3. The van der Waals surface area contributed by atoms with E-state index in [1.54, 1.807) is 11.3 Å². The molecule has 0 aliphatic carbocycles. The van der Waals surface area contributed by atoms with Crippen LogP contribution >= 0.6 is 11.3 Å². The van der Waals surface area contributed by atoms with Crippen LogP contribution in [0.2, 0.25) is 0 Å². The lowest BCUT2D eigenvalue weighted by Gasteiger charge is -2.34. The van der Waals surface area contributed by atoms with Crippen LogP contribution in [0.4, 0.5) is 8.78 Å². The van der Waals surface area contributed by atoms with Crippen LogP contribution < -0.4 is 0 Å². The first-order valence-electron chi connectivity index (χ1n) is 10.4. The van der Waals surface area contributed by atoms with E-state index >= 15 is 0 Å². The smallest absolute Gasteiger partial charge is 0.227 e. The summed E-state index contributed by atoms with van der Waals surface area (Å²) in [5.74, 6) is -0.402. The van der Waals surface area contributed by atoms with E-state index in [0.29, 0.717) is 43.2 Å². The molecule has 0 spiro atoms. The molecule has 1 saturated heterocycles. The molecule has 1 aromatic carbocycles. The summed E-state index contributed by atoms with van der Waals surface area (Å²) in [7, 11) is 0. The fraction of sp³-hybridized carbons (Fsp3) is 0.409. The molecule has 0 atom stereocenters. The zero-order valence-electron chi connectivity index (χ0n) is 17.1. The van der Waals surface area contributed by atoms with Gasteiger partial charge in [-0.15, -0.1) is 11.3 Å². The third kappa shape index (κ3) is 5.74. The molecule has 1 aliphatic heterocycles. The molecule has 1 amide bonds. The van der Waals surface area contributed by atoms with Crippen LogP contribution in [-0.2, 0) is 17.6 Å². The van der Waals surface area contributed by atoms with Crippen LogP contribution in [0.3, 0.4) is 0 Å². The summed E-state index contributed by atoms with van der Waals surface area (Å²) < 4.78 is 31.6. The monoisotopic (exact) mass is 446 g/mol. The average molecular weight is 447 g/mol. The molecule has 0 bridgehead atoms. The lowest BCUT2D eigenvalue weighted by atomic mass is 10.1. The van der Waals surface area contributed by atoms with Crippen LogP contribution in [-0.4, -0.2) is 58.6 Å². The van der Waals surface area contributed by atoms with E-state index in [9.17, 15) is 13.6 Å². The summed E-state index contributed by atoms with van der Waals surface area (Å²) in [5, 5.41) is 6.01. The van der Waals surface area contributed by atoms with Crippen molar-refractivity contribution < 1.29 is 18.1 Å². The Hall–Kier alpha value is -2.65. The predicted octanol–water partition coefficient (Wildman–Crippen LogP) is 3.79. The number of hydrogen-bond donors (Lipinski definition) is 0. The number of halogens is 2. The molecule has 2 aromatic heterocycles. The molecular formula is C22H24F2N4O2S. The second-order valence-electron chi connectivity index (χ2n) is 7.56. The SMILES string of the molecule is O=C(CCc1ccc(F)c(F)c1)N1CCN(CCCc2nc(-c3cccs3)no2)CC1. The predicted molar refractivity (Wildman–Crippen MR) is 114 cm³/mol. The molecule has 164 valence electrons. The zero-order chi connectivity index (χ0) is 21.6. The lowest BCUT2D eigenvalue weighted by molar-refractivity contribution is -0.132. The number of thiophene rings is 1. The van der Waals surface area contributed by atoms with Crippen molar-refractivity contribution in [2.24, 2.45) is 0 Å². The Bertz CT molecular complexity index is 1000. The highest BCUT2D eigenvalue weighted by Gasteiger charge is 2.21. The van der Waals surface area contributed by atoms with Gasteiger partial charge in [0.05, 0.1) is 4.88 Å². The Labute approximate surface area is 183 Å². The molecule has 4 rings (SSSR count). The Kier molecular flexibility index (Phi) is 7.03. The molecular weight excluding hydrogens is 422 g/mol. The number of carbonyl (C=O) groups is 1. The largest absolute Gasteiger partial charge is 0.340 e. The highest BCUT2D eigenvalue weighted by molar-refractivity contribution is 7.13. The zero-order valence-corrected chi connectivity index (χ0v) is 17.9. The van der Waals surface area contributed by atoms with Crippen LogP contribution in [0.25, 0.3) is 10.7 Å². The molecule has 31 heavy (non-hydrogen) atoms. The van der Waals surface area contributed by atoms with E-state index in [0.717, 1.165) is 49.5 Å². The van der Waals surface area contributed by atoms with Gasteiger partial charge in [-0.1, -0.05) is 17.3 Å². The lowest BCUT2D eigenvalue weighted by Crippen LogP contribution is -2.48. The third-order valence-corrected chi connectivity index (χ3v) is 6.28. The summed E-state index contributed by atoms with van der Waals surface area (Å²) in [5.41, 5.74) is 0.633. The first kappa shape index (κ1) is 21.6. The summed E-state index contributed by atoms with van der Waals surface area (Å²) >= 11 is 1.58. The molecule has 3 aromatic rings. The number of aromatic nitrogens is 2. The Balaban J connectivity index is 1.15. The van der Waals surface area contributed by atoms with Gasteiger partial charge in [-0.2, -0.15) is 4.98 Å². The molecule has 1 fully saturated rings. The van der Waals surface area contributed by atoms with Crippen molar-refractivity contribution >= 4 is 17.2 Å². The minimum atomic E-state index is -0.873. The maximum Gasteiger partial charge on any atom is 0.227 e. The second kappa shape index (κ2) is 10.1. The van der Waals surface area contributed by atoms with E-state index in [-0.39, 0.29) is 5.91 Å². The highest BCUT2D eigenvalue weighted by Crippen LogP contribution is 2.21.